The van der Waals surface area contributed by atoms with Crippen molar-refractivity contribution in [1.29, 1.82) is 0 Å². The molecule has 0 aromatic heterocycles. The lowest BCUT2D eigenvalue weighted by Crippen LogP contribution is -2.44. The lowest BCUT2D eigenvalue weighted by atomic mass is 10.0. The van der Waals surface area contributed by atoms with Gasteiger partial charge < -0.3 is 15.5 Å². The van der Waals surface area contributed by atoms with Crippen LogP contribution in [0.25, 0.3) is 0 Å². The molecule has 0 aliphatic carbocycles. The van der Waals surface area contributed by atoms with E-state index in [-0.39, 0.29) is 5.91 Å². The zero-order chi connectivity index (χ0) is 17.5. The van der Waals surface area contributed by atoms with Gasteiger partial charge in [0, 0.05) is 37.9 Å². The summed E-state index contributed by atoms with van der Waals surface area (Å²) in [6.07, 6.45) is 2.24. The highest BCUT2D eigenvalue weighted by Gasteiger charge is 2.18. The van der Waals surface area contributed by atoms with Crippen LogP contribution in [-0.4, -0.2) is 38.1 Å². The van der Waals surface area contributed by atoms with E-state index in [1.807, 2.05) is 12.1 Å². The molecule has 1 aliphatic rings. The maximum Gasteiger partial charge on any atom is 0.252 e. The van der Waals surface area contributed by atoms with Crippen molar-refractivity contribution in [1.82, 2.24) is 10.6 Å². The fourth-order valence-corrected chi connectivity index (χ4v) is 3.40. The first kappa shape index (κ1) is 17.8. The smallest absolute Gasteiger partial charge is 0.252 e. The van der Waals surface area contributed by atoms with Crippen molar-refractivity contribution in [3.8, 4) is 0 Å². The lowest BCUT2D eigenvalue weighted by Gasteiger charge is -2.34. The molecule has 2 aromatic rings. The third kappa shape index (κ3) is 4.97. The molecular weight excluding hydrogens is 334 g/mol. The van der Waals surface area contributed by atoms with Crippen molar-refractivity contribution < 1.29 is 4.79 Å². The Kier molecular flexibility index (Phi) is 6.31. The van der Waals surface area contributed by atoms with Gasteiger partial charge in [-0.25, -0.2) is 0 Å². The number of para-hydroxylation sites is 1. The fraction of sp³-hybridized carbons (Fsp3) is 0.350. The van der Waals surface area contributed by atoms with Gasteiger partial charge in [0.05, 0.1) is 10.6 Å². The summed E-state index contributed by atoms with van der Waals surface area (Å²) in [6.45, 7) is 3.50. The molecular formula is C20H24ClN3O. The molecule has 0 saturated carbocycles. The van der Waals surface area contributed by atoms with Crippen LogP contribution in [0.4, 0.5) is 5.69 Å². The quantitative estimate of drug-likeness (QED) is 0.779. The summed E-state index contributed by atoms with van der Waals surface area (Å²) in [7, 11) is 0. The number of halogens is 1. The van der Waals surface area contributed by atoms with E-state index in [9.17, 15) is 4.79 Å². The van der Waals surface area contributed by atoms with Gasteiger partial charge in [-0.1, -0.05) is 41.9 Å². The first-order valence-electron chi connectivity index (χ1n) is 8.80. The monoisotopic (exact) mass is 357 g/mol. The zero-order valence-corrected chi connectivity index (χ0v) is 15.0. The van der Waals surface area contributed by atoms with Gasteiger partial charge in [-0.05, 0) is 37.1 Å². The average molecular weight is 358 g/mol. The van der Waals surface area contributed by atoms with Gasteiger partial charge >= 0.3 is 0 Å². The standard InChI is InChI=1S/C20H24ClN3O/c21-19-9-5-4-8-18(19)20(25)23-13-12-22-16-10-14-24(15-11-16)17-6-2-1-3-7-17/h1-9,16,22H,10-15H2,(H,23,25). The Bertz CT molecular complexity index is 684. The van der Waals surface area contributed by atoms with E-state index in [1.165, 1.54) is 5.69 Å². The minimum Gasteiger partial charge on any atom is -0.371 e. The molecule has 5 heteroatoms. The summed E-state index contributed by atoms with van der Waals surface area (Å²) in [5, 5.41) is 6.95. The van der Waals surface area contributed by atoms with Crippen LogP contribution in [0.15, 0.2) is 54.6 Å². The number of carbonyl (C=O) groups is 1. The molecule has 1 heterocycles. The highest BCUT2D eigenvalue weighted by atomic mass is 35.5. The Labute approximate surface area is 154 Å². The summed E-state index contributed by atoms with van der Waals surface area (Å²) in [6, 6.07) is 18.2. The zero-order valence-electron chi connectivity index (χ0n) is 14.2. The molecule has 3 rings (SSSR count). The third-order valence-electron chi connectivity index (χ3n) is 4.58. The maximum atomic E-state index is 12.1. The summed E-state index contributed by atoms with van der Waals surface area (Å²) in [4.78, 5) is 14.5. The average Bonchev–Trinajstić information content (AvgIpc) is 2.66. The summed E-state index contributed by atoms with van der Waals surface area (Å²) >= 11 is 6.04. The molecule has 1 saturated heterocycles. The number of nitrogens with one attached hydrogen (secondary N) is 2. The summed E-state index contributed by atoms with van der Waals surface area (Å²) in [5.74, 6) is -0.119. The van der Waals surface area contributed by atoms with E-state index in [4.69, 9.17) is 11.6 Å². The van der Waals surface area contributed by atoms with E-state index in [1.54, 1.807) is 12.1 Å². The number of piperidine rings is 1. The summed E-state index contributed by atoms with van der Waals surface area (Å²) in [5.41, 5.74) is 1.83. The van der Waals surface area contributed by atoms with E-state index >= 15 is 0 Å². The minimum atomic E-state index is -0.119. The Balaban J connectivity index is 1.35. The predicted molar refractivity (Wildman–Crippen MR) is 103 cm³/mol. The van der Waals surface area contributed by atoms with Gasteiger partial charge in [-0.15, -0.1) is 0 Å². The van der Waals surface area contributed by atoms with Gasteiger partial charge in [0.1, 0.15) is 0 Å². The Morgan fingerprint density at radius 1 is 1.00 bits per heavy atom. The van der Waals surface area contributed by atoms with E-state index < -0.39 is 0 Å². The van der Waals surface area contributed by atoms with Crippen LogP contribution < -0.4 is 15.5 Å². The number of rotatable bonds is 6. The highest BCUT2D eigenvalue weighted by Crippen LogP contribution is 2.19. The van der Waals surface area contributed by atoms with Crippen LogP contribution in [-0.2, 0) is 0 Å². The largest absolute Gasteiger partial charge is 0.371 e. The van der Waals surface area contributed by atoms with Crippen molar-refractivity contribution in [3.63, 3.8) is 0 Å². The van der Waals surface area contributed by atoms with Crippen LogP contribution in [0, 0.1) is 0 Å². The van der Waals surface area contributed by atoms with Gasteiger partial charge in [0.25, 0.3) is 5.91 Å². The molecule has 25 heavy (non-hydrogen) atoms. The molecule has 1 amide bonds. The molecule has 0 bridgehead atoms. The Hall–Kier alpha value is -2.04. The molecule has 4 nitrogen and oxygen atoms in total. The van der Waals surface area contributed by atoms with Gasteiger partial charge in [0.15, 0.2) is 0 Å². The van der Waals surface area contributed by atoms with Crippen molar-refractivity contribution in [2.75, 3.05) is 31.1 Å². The van der Waals surface area contributed by atoms with Crippen LogP contribution >= 0.6 is 11.6 Å². The third-order valence-corrected chi connectivity index (χ3v) is 4.91. The topological polar surface area (TPSA) is 44.4 Å². The minimum absolute atomic E-state index is 0.119. The number of hydrogen-bond donors (Lipinski definition) is 2. The molecule has 0 atom stereocenters. The Morgan fingerprint density at radius 2 is 1.68 bits per heavy atom. The number of anilines is 1. The van der Waals surface area contributed by atoms with Crippen molar-refractivity contribution in [2.45, 2.75) is 18.9 Å². The van der Waals surface area contributed by atoms with Gasteiger partial charge in [-0.2, -0.15) is 0 Å². The second-order valence-electron chi connectivity index (χ2n) is 6.29. The molecule has 2 aromatic carbocycles. The first-order chi connectivity index (χ1) is 12.2. The van der Waals surface area contributed by atoms with Crippen molar-refractivity contribution >= 4 is 23.2 Å². The fourth-order valence-electron chi connectivity index (χ4n) is 3.17. The molecule has 1 aliphatic heterocycles. The molecule has 0 unspecified atom stereocenters. The van der Waals surface area contributed by atoms with Crippen molar-refractivity contribution in [3.05, 3.63) is 65.2 Å². The molecule has 0 spiro atoms. The van der Waals surface area contributed by atoms with E-state index in [0.717, 1.165) is 32.5 Å². The second-order valence-corrected chi connectivity index (χ2v) is 6.69. The number of benzene rings is 2. The first-order valence-corrected chi connectivity index (χ1v) is 9.18. The van der Waals surface area contributed by atoms with Crippen molar-refractivity contribution in [2.24, 2.45) is 0 Å². The van der Waals surface area contributed by atoms with Crippen LogP contribution in [0.2, 0.25) is 5.02 Å². The molecule has 0 radical (unpaired) electrons. The van der Waals surface area contributed by atoms with Crippen LogP contribution in [0.3, 0.4) is 0 Å². The maximum absolute atomic E-state index is 12.1. The second kappa shape index (κ2) is 8.88. The number of nitrogens with zero attached hydrogens (tertiary/aromatic N) is 1. The normalized spacial score (nSPS) is 15.2. The van der Waals surface area contributed by atoms with Crippen LogP contribution in [0.1, 0.15) is 23.2 Å². The van der Waals surface area contributed by atoms with Gasteiger partial charge in [0.2, 0.25) is 0 Å². The van der Waals surface area contributed by atoms with Gasteiger partial charge in [-0.3, -0.25) is 4.79 Å². The van der Waals surface area contributed by atoms with E-state index in [2.05, 4.69) is 45.9 Å². The van der Waals surface area contributed by atoms with E-state index in [0.29, 0.717) is 23.2 Å². The predicted octanol–water partition coefficient (Wildman–Crippen LogP) is 3.33. The lowest BCUT2D eigenvalue weighted by molar-refractivity contribution is 0.0953. The Morgan fingerprint density at radius 3 is 2.40 bits per heavy atom. The molecule has 2 N–H and O–H groups in total. The SMILES string of the molecule is O=C(NCCNC1CCN(c2ccccc2)CC1)c1ccccc1Cl. The summed E-state index contributed by atoms with van der Waals surface area (Å²) < 4.78 is 0. The van der Waals surface area contributed by atoms with Crippen LogP contribution in [0.5, 0.6) is 0 Å². The molecule has 132 valence electrons. The molecule has 1 fully saturated rings. The highest BCUT2D eigenvalue weighted by molar-refractivity contribution is 6.33. The number of carbonyl (C=O) groups excluding carboxylic acids is 1. The number of hydrogen-bond acceptors (Lipinski definition) is 3. The number of amides is 1.